The fraction of sp³-hybridized carbons (Fsp3) is 0.353. The van der Waals surface area contributed by atoms with E-state index in [9.17, 15) is 4.79 Å². The number of nitrogens with zero attached hydrogens (tertiary/aromatic N) is 1. The van der Waals surface area contributed by atoms with Crippen molar-refractivity contribution in [3.05, 3.63) is 52.5 Å². The van der Waals surface area contributed by atoms with Crippen LogP contribution in [-0.4, -0.2) is 25.0 Å². The Morgan fingerprint density at radius 3 is 2.41 bits per heavy atom. The maximum Gasteiger partial charge on any atom is 0.257 e. The third-order valence-corrected chi connectivity index (χ3v) is 3.59. The first kappa shape index (κ1) is 16.1. The Labute approximate surface area is 130 Å². The number of methoxy groups -OCH3 is 1. The normalized spacial score (nSPS) is 10.6. The van der Waals surface area contributed by atoms with Gasteiger partial charge in [-0.25, -0.2) is 0 Å². The number of carbonyl (C=O) groups is 1. The number of amides is 1. The minimum absolute atomic E-state index is 0.0884. The zero-order chi connectivity index (χ0) is 16.3. The average molecular weight is 302 g/mol. The van der Waals surface area contributed by atoms with Gasteiger partial charge in [0.05, 0.1) is 19.2 Å². The SMILES string of the molecule is COc1c(C)cc(CN(C)C(=O)c2coc(CN)c2)cc1C. The molecule has 0 spiro atoms. The van der Waals surface area contributed by atoms with Crippen LogP contribution >= 0.6 is 0 Å². The van der Waals surface area contributed by atoms with Crippen molar-refractivity contribution >= 4 is 5.91 Å². The van der Waals surface area contributed by atoms with Crippen LogP contribution < -0.4 is 10.5 Å². The van der Waals surface area contributed by atoms with Crippen molar-refractivity contribution < 1.29 is 13.9 Å². The smallest absolute Gasteiger partial charge is 0.257 e. The lowest BCUT2D eigenvalue weighted by Gasteiger charge is -2.18. The molecule has 0 radical (unpaired) electrons. The highest BCUT2D eigenvalue weighted by molar-refractivity contribution is 5.93. The third-order valence-electron chi connectivity index (χ3n) is 3.59. The van der Waals surface area contributed by atoms with Crippen LogP contribution in [-0.2, 0) is 13.1 Å². The number of benzene rings is 1. The molecule has 1 heterocycles. The zero-order valence-electron chi connectivity index (χ0n) is 13.5. The van der Waals surface area contributed by atoms with Crippen molar-refractivity contribution in [2.24, 2.45) is 5.73 Å². The number of rotatable bonds is 5. The fourth-order valence-electron chi connectivity index (χ4n) is 2.62. The van der Waals surface area contributed by atoms with Crippen molar-refractivity contribution in [1.29, 1.82) is 0 Å². The summed E-state index contributed by atoms with van der Waals surface area (Å²) in [6.07, 6.45) is 1.45. The molecule has 2 N–H and O–H groups in total. The molecule has 2 rings (SSSR count). The van der Waals surface area contributed by atoms with Crippen molar-refractivity contribution in [3.63, 3.8) is 0 Å². The first-order chi connectivity index (χ1) is 10.5. The minimum Gasteiger partial charge on any atom is -0.496 e. The first-order valence-corrected chi connectivity index (χ1v) is 7.13. The van der Waals surface area contributed by atoms with Crippen LogP contribution in [0.15, 0.2) is 28.9 Å². The molecule has 2 aromatic rings. The summed E-state index contributed by atoms with van der Waals surface area (Å²) in [7, 11) is 3.44. The Balaban J connectivity index is 2.14. The van der Waals surface area contributed by atoms with E-state index in [4.69, 9.17) is 14.9 Å². The number of hydrogen-bond acceptors (Lipinski definition) is 4. The summed E-state index contributed by atoms with van der Waals surface area (Å²) in [5, 5.41) is 0. The molecule has 0 atom stereocenters. The summed E-state index contributed by atoms with van der Waals surface area (Å²) in [5.41, 5.74) is 9.20. The molecule has 5 heteroatoms. The van der Waals surface area contributed by atoms with E-state index < -0.39 is 0 Å². The topological polar surface area (TPSA) is 68.7 Å². The van der Waals surface area contributed by atoms with E-state index in [-0.39, 0.29) is 12.5 Å². The summed E-state index contributed by atoms with van der Waals surface area (Å²) in [4.78, 5) is 14.0. The second kappa shape index (κ2) is 6.66. The number of furan rings is 1. The second-order valence-electron chi connectivity index (χ2n) is 5.43. The maximum absolute atomic E-state index is 12.4. The van der Waals surface area contributed by atoms with Gasteiger partial charge in [0, 0.05) is 13.6 Å². The molecule has 0 saturated carbocycles. The van der Waals surface area contributed by atoms with E-state index in [1.54, 1.807) is 25.1 Å². The highest BCUT2D eigenvalue weighted by Crippen LogP contribution is 2.25. The zero-order valence-corrected chi connectivity index (χ0v) is 13.5. The lowest BCUT2D eigenvalue weighted by Crippen LogP contribution is -2.25. The van der Waals surface area contributed by atoms with Gasteiger partial charge in [0.25, 0.3) is 5.91 Å². The van der Waals surface area contributed by atoms with Gasteiger partial charge < -0.3 is 19.8 Å². The van der Waals surface area contributed by atoms with E-state index in [0.29, 0.717) is 17.9 Å². The van der Waals surface area contributed by atoms with E-state index >= 15 is 0 Å². The summed E-state index contributed by atoms with van der Waals surface area (Å²) < 4.78 is 10.6. The van der Waals surface area contributed by atoms with E-state index in [0.717, 1.165) is 22.4 Å². The van der Waals surface area contributed by atoms with E-state index in [2.05, 4.69) is 0 Å². The third kappa shape index (κ3) is 3.31. The van der Waals surface area contributed by atoms with Crippen LogP contribution in [0.3, 0.4) is 0 Å². The van der Waals surface area contributed by atoms with E-state index in [1.165, 1.54) is 6.26 Å². The number of carbonyl (C=O) groups excluding carboxylic acids is 1. The van der Waals surface area contributed by atoms with Crippen LogP contribution in [0.5, 0.6) is 5.75 Å². The lowest BCUT2D eigenvalue weighted by molar-refractivity contribution is 0.0784. The van der Waals surface area contributed by atoms with Crippen molar-refractivity contribution in [3.8, 4) is 5.75 Å². The number of ether oxygens (including phenoxy) is 1. The molecule has 0 unspecified atom stereocenters. The van der Waals surface area contributed by atoms with Crippen LogP contribution in [0, 0.1) is 13.8 Å². The highest BCUT2D eigenvalue weighted by Gasteiger charge is 2.16. The molecule has 5 nitrogen and oxygen atoms in total. The highest BCUT2D eigenvalue weighted by atomic mass is 16.5. The molecule has 118 valence electrons. The molecule has 0 fully saturated rings. The molecule has 22 heavy (non-hydrogen) atoms. The molecule has 1 aromatic heterocycles. The van der Waals surface area contributed by atoms with Crippen molar-refractivity contribution in [1.82, 2.24) is 4.90 Å². The van der Waals surface area contributed by atoms with Gasteiger partial charge in [-0.3, -0.25) is 4.79 Å². The molecule has 0 bridgehead atoms. The van der Waals surface area contributed by atoms with Gasteiger partial charge in [0.2, 0.25) is 0 Å². The Bertz CT molecular complexity index is 653. The Hall–Kier alpha value is -2.27. The summed E-state index contributed by atoms with van der Waals surface area (Å²) in [6.45, 7) is 4.81. The van der Waals surface area contributed by atoms with Gasteiger partial charge in [-0.15, -0.1) is 0 Å². The molecule has 0 saturated heterocycles. The fourth-order valence-corrected chi connectivity index (χ4v) is 2.62. The standard InChI is InChI=1S/C17H22N2O3/c1-11-5-13(6-12(2)16(11)21-4)9-19(3)17(20)14-7-15(8-18)22-10-14/h5-7,10H,8-9,18H2,1-4H3. The largest absolute Gasteiger partial charge is 0.496 e. The number of nitrogens with two attached hydrogens (primary N) is 1. The van der Waals surface area contributed by atoms with E-state index in [1.807, 2.05) is 26.0 Å². The molecule has 0 aliphatic carbocycles. The van der Waals surface area contributed by atoms with Crippen LogP contribution in [0.25, 0.3) is 0 Å². The lowest BCUT2D eigenvalue weighted by atomic mass is 10.1. The predicted octanol–water partition coefficient (Wildman–Crippen LogP) is 2.64. The van der Waals surface area contributed by atoms with Gasteiger partial charge >= 0.3 is 0 Å². The summed E-state index contributed by atoms with van der Waals surface area (Å²) in [5.74, 6) is 1.41. The Morgan fingerprint density at radius 2 is 1.91 bits per heavy atom. The Kier molecular flexibility index (Phi) is 4.88. The first-order valence-electron chi connectivity index (χ1n) is 7.13. The predicted molar refractivity (Wildman–Crippen MR) is 84.9 cm³/mol. The van der Waals surface area contributed by atoms with Gasteiger partial charge in [0.15, 0.2) is 0 Å². The Morgan fingerprint density at radius 1 is 1.27 bits per heavy atom. The van der Waals surface area contributed by atoms with Crippen LogP contribution in [0.2, 0.25) is 0 Å². The van der Waals surface area contributed by atoms with Crippen LogP contribution in [0.1, 0.15) is 32.8 Å². The minimum atomic E-state index is -0.0884. The quantitative estimate of drug-likeness (QED) is 0.922. The summed E-state index contributed by atoms with van der Waals surface area (Å²) >= 11 is 0. The number of hydrogen-bond donors (Lipinski definition) is 1. The summed E-state index contributed by atoms with van der Waals surface area (Å²) in [6, 6.07) is 5.76. The molecular formula is C17H22N2O3. The molecule has 1 aromatic carbocycles. The maximum atomic E-state index is 12.4. The molecular weight excluding hydrogens is 280 g/mol. The molecule has 0 aliphatic rings. The molecule has 1 amide bonds. The second-order valence-corrected chi connectivity index (χ2v) is 5.43. The van der Waals surface area contributed by atoms with Gasteiger partial charge in [-0.1, -0.05) is 12.1 Å². The van der Waals surface area contributed by atoms with Gasteiger partial charge in [0.1, 0.15) is 17.8 Å². The van der Waals surface area contributed by atoms with Crippen LogP contribution in [0.4, 0.5) is 0 Å². The number of aryl methyl sites for hydroxylation is 2. The van der Waals surface area contributed by atoms with Crippen molar-refractivity contribution in [2.45, 2.75) is 26.9 Å². The van der Waals surface area contributed by atoms with Crippen molar-refractivity contribution in [2.75, 3.05) is 14.2 Å². The monoisotopic (exact) mass is 302 g/mol. The molecule has 0 aliphatic heterocycles. The van der Waals surface area contributed by atoms with Gasteiger partial charge in [-0.2, -0.15) is 0 Å². The average Bonchev–Trinajstić information content (AvgIpc) is 2.95. The van der Waals surface area contributed by atoms with Gasteiger partial charge in [-0.05, 0) is 36.6 Å².